The lowest BCUT2D eigenvalue weighted by atomic mass is 10.2. The number of hydrogen-bond donors (Lipinski definition) is 2. The van der Waals surface area contributed by atoms with Crippen LogP contribution in [0.5, 0.6) is 0 Å². The number of nitrogens with one attached hydrogen (secondary N) is 2. The Kier molecular flexibility index (Phi) is 8.02. The summed E-state index contributed by atoms with van der Waals surface area (Å²) < 4.78 is 5.23. The lowest BCUT2D eigenvalue weighted by Gasteiger charge is -2.09. The van der Waals surface area contributed by atoms with E-state index in [9.17, 15) is 9.59 Å². The second-order valence-electron chi connectivity index (χ2n) is 5.19. The monoisotopic (exact) mass is 403 g/mol. The number of benzene rings is 1. The molecule has 0 radical (unpaired) electrons. The number of nitrogens with zero attached hydrogens (tertiary/aromatic N) is 1. The summed E-state index contributed by atoms with van der Waals surface area (Å²) in [4.78, 5) is 28.4. The number of aliphatic imine (C=N–C) groups is 1. The second-order valence-corrected chi connectivity index (χ2v) is 7.16. The molecule has 1 saturated heterocycles. The van der Waals surface area contributed by atoms with Gasteiger partial charge in [0, 0.05) is 26.2 Å². The van der Waals surface area contributed by atoms with Gasteiger partial charge >= 0.3 is 0 Å². The van der Waals surface area contributed by atoms with Crippen molar-refractivity contribution in [2.75, 3.05) is 25.1 Å². The molecule has 2 rings (SSSR count). The van der Waals surface area contributed by atoms with Gasteiger partial charge in [-0.25, -0.2) is 0 Å². The number of carbonyl (C=O) groups is 2. The number of amidine groups is 1. The first-order valence-corrected chi connectivity index (χ1v) is 9.48. The zero-order valence-electron chi connectivity index (χ0n) is 13.7. The van der Waals surface area contributed by atoms with Crippen LogP contribution in [0.3, 0.4) is 0 Å². The molecule has 9 heteroatoms. The Bertz CT molecular complexity index is 670. The first-order chi connectivity index (χ1) is 12.0. The minimum atomic E-state index is -0.511. The Morgan fingerprint density at radius 2 is 2.24 bits per heavy atom. The van der Waals surface area contributed by atoms with E-state index in [0.29, 0.717) is 35.6 Å². The van der Waals surface area contributed by atoms with Crippen molar-refractivity contribution in [3.63, 3.8) is 0 Å². The van der Waals surface area contributed by atoms with E-state index in [1.165, 1.54) is 11.8 Å². The van der Waals surface area contributed by atoms with E-state index < -0.39 is 5.25 Å². The predicted octanol–water partition coefficient (Wildman–Crippen LogP) is 3.34. The van der Waals surface area contributed by atoms with Gasteiger partial charge in [-0.15, -0.1) is 0 Å². The molecule has 1 fully saturated rings. The number of ether oxygens (including phenoxy) is 1. The molecule has 136 valence electrons. The third-order valence-electron chi connectivity index (χ3n) is 3.28. The minimum Gasteiger partial charge on any atom is -0.382 e. The predicted molar refractivity (Wildman–Crippen MR) is 103 cm³/mol. The average Bonchev–Trinajstić information content (AvgIpc) is 2.91. The van der Waals surface area contributed by atoms with E-state index >= 15 is 0 Å². The van der Waals surface area contributed by atoms with Crippen LogP contribution < -0.4 is 10.6 Å². The summed E-state index contributed by atoms with van der Waals surface area (Å²) in [5.74, 6) is -0.532. The molecule has 1 atom stereocenters. The van der Waals surface area contributed by atoms with Crippen molar-refractivity contribution in [2.45, 2.75) is 25.0 Å². The molecule has 1 aliphatic rings. The molecule has 0 bridgehead atoms. The highest BCUT2D eigenvalue weighted by molar-refractivity contribution is 8.15. The number of carbonyl (C=O) groups excluding carboxylic acids is 2. The highest BCUT2D eigenvalue weighted by Gasteiger charge is 2.32. The third-order valence-corrected chi connectivity index (χ3v) is 5.22. The molecule has 6 nitrogen and oxygen atoms in total. The third kappa shape index (κ3) is 6.18. The molecular formula is C16H19Cl2N3O3S. The van der Waals surface area contributed by atoms with Crippen molar-refractivity contribution >= 4 is 57.6 Å². The van der Waals surface area contributed by atoms with Crippen LogP contribution >= 0.6 is 35.0 Å². The molecule has 0 unspecified atom stereocenters. The molecule has 0 aromatic heterocycles. The highest BCUT2D eigenvalue weighted by atomic mass is 35.5. The Morgan fingerprint density at radius 3 is 3.00 bits per heavy atom. The molecular weight excluding hydrogens is 385 g/mol. The van der Waals surface area contributed by atoms with Crippen LogP contribution in [-0.2, 0) is 14.3 Å². The van der Waals surface area contributed by atoms with Crippen molar-refractivity contribution < 1.29 is 14.3 Å². The molecule has 1 aromatic rings. The molecule has 2 N–H and O–H groups in total. The van der Waals surface area contributed by atoms with Crippen LogP contribution in [-0.4, -0.2) is 42.0 Å². The Labute approximate surface area is 160 Å². The quantitative estimate of drug-likeness (QED) is 0.652. The van der Waals surface area contributed by atoms with Gasteiger partial charge in [-0.2, -0.15) is 0 Å². The van der Waals surface area contributed by atoms with Gasteiger partial charge in [0.15, 0.2) is 5.17 Å². The average molecular weight is 404 g/mol. The lowest BCUT2D eigenvalue weighted by Crippen LogP contribution is -2.28. The number of halogens is 2. The smallest absolute Gasteiger partial charge is 0.240 e. The van der Waals surface area contributed by atoms with E-state index in [-0.39, 0.29) is 23.3 Å². The van der Waals surface area contributed by atoms with Gasteiger partial charge in [-0.05, 0) is 25.5 Å². The SMILES string of the molecule is CCOCCCN=C1NC(=O)[C@H](CC(=O)Nc2cccc(Cl)c2Cl)S1. The molecule has 0 spiro atoms. The molecule has 1 heterocycles. The van der Waals surface area contributed by atoms with Crippen LogP contribution in [0.4, 0.5) is 5.69 Å². The number of anilines is 1. The Balaban J connectivity index is 1.83. The van der Waals surface area contributed by atoms with Crippen molar-refractivity contribution in [1.82, 2.24) is 5.32 Å². The van der Waals surface area contributed by atoms with E-state index in [1.807, 2.05) is 6.92 Å². The normalized spacial score (nSPS) is 18.4. The molecule has 1 aliphatic heterocycles. The van der Waals surface area contributed by atoms with Crippen molar-refractivity contribution in [1.29, 1.82) is 0 Å². The van der Waals surface area contributed by atoms with E-state index in [1.54, 1.807) is 18.2 Å². The van der Waals surface area contributed by atoms with Gasteiger partial charge in [0.2, 0.25) is 11.8 Å². The van der Waals surface area contributed by atoms with Gasteiger partial charge in [0.05, 0.1) is 15.7 Å². The molecule has 25 heavy (non-hydrogen) atoms. The lowest BCUT2D eigenvalue weighted by molar-refractivity contribution is -0.122. The van der Waals surface area contributed by atoms with Crippen LogP contribution in [0.1, 0.15) is 19.8 Å². The summed E-state index contributed by atoms with van der Waals surface area (Å²) >= 11 is 13.2. The zero-order chi connectivity index (χ0) is 18.2. The summed E-state index contributed by atoms with van der Waals surface area (Å²) in [6, 6.07) is 4.97. The first kappa shape index (κ1) is 20.0. The van der Waals surface area contributed by atoms with Crippen molar-refractivity contribution in [3.8, 4) is 0 Å². The van der Waals surface area contributed by atoms with Gasteiger partial charge in [0.25, 0.3) is 0 Å². The van der Waals surface area contributed by atoms with Gasteiger partial charge in [-0.3, -0.25) is 14.6 Å². The fraction of sp³-hybridized carbons (Fsp3) is 0.438. The van der Waals surface area contributed by atoms with Crippen LogP contribution in [0.25, 0.3) is 0 Å². The van der Waals surface area contributed by atoms with Gasteiger partial charge in [0.1, 0.15) is 5.25 Å². The van der Waals surface area contributed by atoms with Crippen molar-refractivity contribution in [3.05, 3.63) is 28.2 Å². The maximum absolute atomic E-state index is 12.2. The summed E-state index contributed by atoms with van der Waals surface area (Å²) in [7, 11) is 0. The summed E-state index contributed by atoms with van der Waals surface area (Å²) in [6.07, 6.45) is 0.809. The summed E-state index contributed by atoms with van der Waals surface area (Å²) in [5, 5.41) is 6.03. The number of rotatable bonds is 8. The Hall–Kier alpha value is -1.28. The fourth-order valence-corrected chi connectivity index (χ4v) is 3.42. The van der Waals surface area contributed by atoms with Crippen molar-refractivity contribution in [2.24, 2.45) is 4.99 Å². The summed E-state index contributed by atoms with van der Waals surface area (Å²) in [5.41, 5.74) is 0.424. The molecule has 1 aromatic carbocycles. The standard InChI is InChI=1S/C16H19Cl2N3O3S/c1-2-24-8-4-7-19-16-21-15(23)12(25-16)9-13(22)20-11-6-3-5-10(17)14(11)18/h3,5-6,12H,2,4,7-9H2,1H3,(H,20,22)(H,19,21,23)/t12-/m0/s1. The maximum Gasteiger partial charge on any atom is 0.240 e. The number of thioether (sulfide) groups is 1. The maximum atomic E-state index is 12.2. The minimum absolute atomic E-state index is 0.0251. The van der Waals surface area contributed by atoms with E-state index in [4.69, 9.17) is 27.9 Å². The van der Waals surface area contributed by atoms with Crippen LogP contribution in [0, 0.1) is 0 Å². The largest absolute Gasteiger partial charge is 0.382 e. The van der Waals surface area contributed by atoms with Crippen LogP contribution in [0.15, 0.2) is 23.2 Å². The highest BCUT2D eigenvalue weighted by Crippen LogP contribution is 2.30. The van der Waals surface area contributed by atoms with Gasteiger partial charge < -0.3 is 15.4 Å². The fourth-order valence-electron chi connectivity index (χ4n) is 2.08. The zero-order valence-corrected chi connectivity index (χ0v) is 16.0. The van der Waals surface area contributed by atoms with E-state index in [0.717, 1.165) is 6.42 Å². The molecule has 0 saturated carbocycles. The second kappa shape index (κ2) is 10.0. The molecule has 0 aliphatic carbocycles. The van der Waals surface area contributed by atoms with Gasteiger partial charge in [-0.1, -0.05) is 41.0 Å². The summed E-state index contributed by atoms with van der Waals surface area (Å²) in [6.45, 7) is 3.82. The first-order valence-electron chi connectivity index (χ1n) is 7.84. The number of hydrogen-bond acceptors (Lipinski definition) is 5. The Morgan fingerprint density at radius 1 is 1.44 bits per heavy atom. The molecule has 2 amide bonds. The number of amides is 2. The van der Waals surface area contributed by atoms with E-state index in [2.05, 4.69) is 15.6 Å². The van der Waals surface area contributed by atoms with Crippen LogP contribution in [0.2, 0.25) is 10.0 Å². The topological polar surface area (TPSA) is 79.8 Å².